The molecular weight excluding hydrogens is 580 g/mol. The molecule has 2 saturated heterocycles. The fraction of sp³-hybridized carbons (Fsp3) is 0.444. The zero-order valence-corrected chi connectivity index (χ0v) is 22.1. The van der Waals surface area contributed by atoms with Crippen LogP contribution in [-0.4, -0.2) is 126 Å². The van der Waals surface area contributed by atoms with Gasteiger partial charge in [0.1, 0.15) is 88.6 Å². The van der Waals surface area contributed by atoms with E-state index in [9.17, 15) is 55.9 Å². The molecule has 0 spiro atoms. The monoisotopic (exact) mass is 610 g/mol. The summed E-state index contributed by atoms with van der Waals surface area (Å²) in [6.07, 6.45) is -16.3. The molecule has 16 nitrogen and oxygen atoms in total. The van der Waals surface area contributed by atoms with Gasteiger partial charge in [-0.25, -0.2) is 0 Å². The van der Waals surface area contributed by atoms with Crippen molar-refractivity contribution in [3.63, 3.8) is 0 Å². The van der Waals surface area contributed by atoms with E-state index in [1.807, 2.05) is 0 Å². The van der Waals surface area contributed by atoms with Crippen LogP contribution in [0, 0.1) is 0 Å². The zero-order valence-electron chi connectivity index (χ0n) is 22.1. The van der Waals surface area contributed by atoms with Crippen LogP contribution >= 0.6 is 0 Å². The predicted molar refractivity (Wildman–Crippen MR) is 140 cm³/mol. The van der Waals surface area contributed by atoms with Crippen LogP contribution in [0.15, 0.2) is 45.6 Å². The Hall–Kier alpha value is -3.55. The van der Waals surface area contributed by atoms with Gasteiger partial charge < -0.3 is 74.4 Å². The van der Waals surface area contributed by atoms with Crippen molar-refractivity contribution < 1.29 is 74.4 Å². The highest BCUT2D eigenvalue weighted by Crippen LogP contribution is 2.38. The summed E-state index contributed by atoms with van der Waals surface area (Å²) in [7, 11) is 0. The van der Waals surface area contributed by atoms with E-state index in [1.54, 1.807) is 0 Å². The van der Waals surface area contributed by atoms with Gasteiger partial charge in [-0.15, -0.1) is 0 Å². The Morgan fingerprint density at radius 1 is 0.651 bits per heavy atom. The summed E-state index contributed by atoms with van der Waals surface area (Å²) >= 11 is 0. The molecule has 0 unspecified atom stereocenters. The van der Waals surface area contributed by atoms with Gasteiger partial charge >= 0.3 is 0 Å². The second-order valence-corrected chi connectivity index (χ2v) is 10.1. The lowest BCUT2D eigenvalue weighted by molar-refractivity contribution is -0.277. The summed E-state index contributed by atoms with van der Waals surface area (Å²) < 4.78 is 27.8. The van der Waals surface area contributed by atoms with Gasteiger partial charge in [-0.2, -0.15) is 0 Å². The first-order valence-electron chi connectivity index (χ1n) is 13.0. The van der Waals surface area contributed by atoms with Gasteiger partial charge in [0, 0.05) is 24.3 Å². The van der Waals surface area contributed by atoms with Gasteiger partial charge in [0.05, 0.1) is 18.8 Å². The minimum atomic E-state index is -1.80. The Bertz CT molecular complexity index is 1500. The number of aromatic hydroxyl groups is 2. The van der Waals surface area contributed by atoms with Crippen molar-refractivity contribution in [3.05, 3.63) is 46.6 Å². The Balaban J connectivity index is 1.51. The highest BCUT2D eigenvalue weighted by Gasteiger charge is 2.46. The number of hydrogen-bond donors (Lipinski definition) is 10. The quantitative estimate of drug-likeness (QED) is 0.130. The smallest absolute Gasteiger partial charge is 0.229 e. The second-order valence-electron chi connectivity index (χ2n) is 10.1. The molecule has 10 N–H and O–H groups in total. The van der Waals surface area contributed by atoms with Gasteiger partial charge in [0.15, 0.2) is 5.43 Å². The number of benzene rings is 2. The lowest BCUT2D eigenvalue weighted by Crippen LogP contribution is -2.60. The summed E-state index contributed by atoms with van der Waals surface area (Å²) in [4.78, 5) is 13.3. The fourth-order valence-electron chi connectivity index (χ4n) is 4.86. The number of aliphatic hydroxyl groups is 8. The number of phenols is 2. The van der Waals surface area contributed by atoms with E-state index >= 15 is 0 Å². The molecule has 0 saturated carbocycles. The van der Waals surface area contributed by atoms with Crippen molar-refractivity contribution in [2.45, 2.75) is 61.4 Å². The van der Waals surface area contributed by atoms with Gasteiger partial charge in [-0.1, -0.05) is 0 Å². The Morgan fingerprint density at radius 2 is 1.19 bits per heavy atom. The van der Waals surface area contributed by atoms with Gasteiger partial charge in [0.25, 0.3) is 0 Å². The molecule has 0 aliphatic carbocycles. The highest BCUT2D eigenvalue weighted by atomic mass is 16.7. The van der Waals surface area contributed by atoms with Crippen LogP contribution < -0.4 is 14.9 Å². The third kappa shape index (κ3) is 5.85. The molecule has 234 valence electrons. The van der Waals surface area contributed by atoms with Crippen molar-refractivity contribution in [1.82, 2.24) is 0 Å². The van der Waals surface area contributed by atoms with Crippen LogP contribution in [-0.2, 0) is 9.47 Å². The lowest BCUT2D eigenvalue weighted by Gasteiger charge is -2.39. The SMILES string of the molecule is O=c1cc(-c2ccc(O)cc2O[C@H]2O[C@@H](CO)[C@@H](O)[C@@H](O)[C@@H]2O)oc2cc(O)cc(O[C@@H]3O[C@@H](CO)[C@@H](O)[C@H](O)[C@H]3O)c12. The maximum Gasteiger partial charge on any atom is 0.229 e. The first-order valence-corrected chi connectivity index (χ1v) is 13.0. The highest BCUT2D eigenvalue weighted by molar-refractivity contribution is 5.86. The minimum Gasteiger partial charge on any atom is -0.508 e. The molecule has 10 atom stereocenters. The third-order valence-electron chi connectivity index (χ3n) is 7.19. The second kappa shape index (κ2) is 12.2. The number of hydrogen-bond acceptors (Lipinski definition) is 16. The van der Waals surface area contributed by atoms with Crippen LogP contribution in [0.3, 0.4) is 0 Å². The standard InChI is InChI=1S/C27H30O16/c28-7-17-20(33)22(35)24(37)26(42-17)40-13-3-9(30)1-2-11(13)14-6-12(32)19-15(39-14)4-10(31)5-16(19)41-27-25(38)23(36)21(34)18(8-29)43-27/h1-6,17-18,20-31,33-38H,7-8H2/t17-,18-,20+,21+,22+,23-,24-,25+,26-,27+/m0/s1. The average Bonchev–Trinajstić information content (AvgIpc) is 2.97. The zero-order chi connectivity index (χ0) is 31.2. The largest absolute Gasteiger partial charge is 0.508 e. The van der Waals surface area contributed by atoms with Gasteiger partial charge in [-0.3, -0.25) is 4.79 Å². The molecular formula is C27H30O16. The number of phenolic OH excluding ortho intramolecular Hbond substituents is 2. The maximum absolute atomic E-state index is 13.3. The molecule has 0 radical (unpaired) electrons. The Morgan fingerprint density at radius 3 is 1.74 bits per heavy atom. The average molecular weight is 611 g/mol. The summed E-state index contributed by atoms with van der Waals surface area (Å²) in [5.74, 6) is -1.45. The molecule has 1 aromatic heterocycles. The minimum absolute atomic E-state index is 0.0357. The molecule has 5 rings (SSSR count). The number of rotatable bonds is 7. The van der Waals surface area contributed by atoms with E-state index in [0.717, 1.165) is 24.3 Å². The van der Waals surface area contributed by atoms with E-state index < -0.39 is 85.8 Å². The summed E-state index contributed by atoms with van der Waals surface area (Å²) in [6, 6.07) is 6.74. The normalized spacial score (nSPS) is 32.9. The molecule has 0 amide bonds. The number of ether oxygens (including phenoxy) is 4. The molecule has 16 heteroatoms. The van der Waals surface area contributed by atoms with E-state index in [0.29, 0.717) is 0 Å². The van der Waals surface area contributed by atoms with Crippen LogP contribution in [0.2, 0.25) is 0 Å². The van der Waals surface area contributed by atoms with Crippen molar-refractivity contribution in [2.75, 3.05) is 13.2 Å². The fourth-order valence-corrected chi connectivity index (χ4v) is 4.86. The number of fused-ring (bicyclic) bond motifs is 1. The van der Waals surface area contributed by atoms with Crippen molar-refractivity contribution in [2.24, 2.45) is 0 Å². The molecule has 2 aliphatic rings. The molecule has 2 aliphatic heterocycles. The van der Waals surface area contributed by atoms with Crippen molar-refractivity contribution in [3.8, 4) is 34.3 Å². The van der Waals surface area contributed by atoms with E-state index in [4.69, 9.17) is 23.4 Å². The van der Waals surface area contributed by atoms with E-state index in [-0.39, 0.29) is 39.5 Å². The van der Waals surface area contributed by atoms with Crippen molar-refractivity contribution in [1.29, 1.82) is 0 Å². The molecule has 2 fully saturated rings. The molecule has 3 aromatic rings. The Labute approximate surface area is 241 Å². The first-order chi connectivity index (χ1) is 20.4. The van der Waals surface area contributed by atoms with Crippen LogP contribution in [0.4, 0.5) is 0 Å². The summed E-state index contributed by atoms with van der Waals surface area (Å²) in [6.45, 7) is -1.44. The topological polar surface area (TPSA) is 269 Å². The number of aliphatic hydroxyl groups excluding tert-OH is 8. The van der Waals surface area contributed by atoms with Gasteiger partial charge in [0.2, 0.25) is 12.6 Å². The maximum atomic E-state index is 13.3. The molecule has 2 aromatic carbocycles. The van der Waals surface area contributed by atoms with Crippen LogP contribution in [0.25, 0.3) is 22.3 Å². The first kappa shape index (κ1) is 30.9. The summed E-state index contributed by atoms with van der Waals surface area (Å²) in [5, 5.41) is 100. The molecule has 3 heterocycles. The summed E-state index contributed by atoms with van der Waals surface area (Å²) in [5.41, 5.74) is -0.926. The van der Waals surface area contributed by atoms with Crippen LogP contribution in [0.1, 0.15) is 0 Å². The van der Waals surface area contributed by atoms with Crippen LogP contribution in [0.5, 0.6) is 23.0 Å². The van der Waals surface area contributed by atoms with Crippen molar-refractivity contribution >= 4 is 11.0 Å². The predicted octanol–water partition coefficient (Wildman–Crippen LogP) is -2.77. The van der Waals surface area contributed by atoms with Gasteiger partial charge in [-0.05, 0) is 12.1 Å². The van der Waals surface area contributed by atoms with E-state index in [1.165, 1.54) is 12.1 Å². The Kier molecular flexibility index (Phi) is 8.77. The molecule has 0 bridgehead atoms. The third-order valence-corrected chi connectivity index (χ3v) is 7.19. The lowest BCUT2D eigenvalue weighted by atomic mass is 9.99. The molecule has 43 heavy (non-hydrogen) atoms. The van der Waals surface area contributed by atoms with E-state index in [2.05, 4.69) is 0 Å².